The first-order valence-electron chi connectivity index (χ1n) is 6.80. The first kappa shape index (κ1) is 13.6. The molecular formula is C17H21NO. The summed E-state index contributed by atoms with van der Waals surface area (Å²) in [4.78, 5) is 0. The summed E-state index contributed by atoms with van der Waals surface area (Å²) in [7, 11) is 0. The number of phenolic OH excluding ortho intramolecular Hbond substituents is 1. The highest BCUT2D eigenvalue weighted by atomic mass is 16.3. The van der Waals surface area contributed by atoms with E-state index < -0.39 is 0 Å². The predicted octanol–water partition coefficient (Wildman–Crippen LogP) is 3.79. The van der Waals surface area contributed by atoms with Crippen LogP contribution in [0.5, 0.6) is 5.75 Å². The molecule has 100 valence electrons. The van der Waals surface area contributed by atoms with Gasteiger partial charge in [-0.3, -0.25) is 0 Å². The van der Waals surface area contributed by atoms with Gasteiger partial charge in [0.1, 0.15) is 5.75 Å². The smallest absolute Gasteiger partial charge is 0.120 e. The van der Waals surface area contributed by atoms with E-state index >= 15 is 0 Å². The Bertz CT molecular complexity index is 522. The molecular weight excluding hydrogens is 234 g/mol. The fourth-order valence-corrected chi connectivity index (χ4v) is 2.25. The molecule has 2 aromatic rings. The average Bonchev–Trinajstić information content (AvgIpc) is 2.44. The highest BCUT2D eigenvalue weighted by molar-refractivity contribution is 5.42. The highest BCUT2D eigenvalue weighted by Crippen LogP contribution is 2.30. The summed E-state index contributed by atoms with van der Waals surface area (Å²) in [5.41, 5.74) is 3.28. The van der Waals surface area contributed by atoms with Crippen LogP contribution < -0.4 is 5.32 Å². The monoisotopic (exact) mass is 255 g/mol. The van der Waals surface area contributed by atoms with Crippen molar-refractivity contribution in [1.29, 1.82) is 0 Å². The molecule has 0 saturated carbocycles. The van der Waals surface area contributed by atoms with E-state index in [1.54, 1.807) is 6.07 Å². The van der Waals surface area contributed by atoms with Crippen LogP contribution in [-0.4, -0.2) is 11.7 Å². The minimum atomic E-state index is 0.0426. The van der Waals surface area contributed by atoms with E-state index in [-0.39, 0.29) is 6.04 Å². The van der Waals surface area contributed by atoms with Gasteiger partial charge in [0.05, 0.1) is 6.04 Å². The third-order valence-corrected chi connectivity index (χ3v) is 3.23. The molecule has 0 aliphatic carbocycles. The lowest BCUT2D eigenvalue weighted by Gasteiger charge is -2.21. The molecule has 2 rings (SSSR count). The first-order chi connectivity index (χ1) is 9.22. The molecule has 0 radical (unpaired) electrons. The number of hydrogen-bond donors (Lipinski definition) is 2. The van der Waals surface area contributed by atoms with Crippen LogP contribution in [0.4, 0.5) is 0 Å². The molecule has 2 heteroatoms. The first-order valence-corrected chi connectivity index (χ1v) is 6.80. The molecule has 0 aromatic heterocycles. The van der Waals surface area contributed by atoms with E-state index in [1.165, 1.54) is 5.56 Å². The minimum Gasteiger partial charge on any atom is -0.508 e. The number of rotatable bonds is 5. The Morgan fingerprint density at radius 3 is 2.53 bits per heavy atom. The van der Waals surface area contributed by atoms with Gasteiger partial charge in [0.2, 0.25) is 0 Å². The van der Waals surface area contributed by atoms with E-state index in [9.17, 15) is 5.11 Å². The van der Waals surface area contributed by atoms with Crippen LogP contribution in [0.1, 0.15) is 36.1 Å². The van der Waals surface area contributed by atoms with Crippen molar-refractivity contribution in [2.24, 2.45) is 0 Å². The van der Waals surface area contributed by atoms with Crippen molar-refractivity contribution in [3.05, 3.63) is 65.2 Å². The molecule has 2 aromatic carbocycles. The Morgan fingerprint density at radius 1 is 1.11 bits per heavy atom. The average molecular weight is 255 g/mol. The molecule has 0 heterocycles. The molecule has 1 unspecified atom stereocenters. The molecule has 2 N–H and O–H groups in total. The van der Waals surface area contributed by atoms with Gasteiger partial charge in [0.15, 0.2) is 0 Å². The zero-order valence-electron chi connectivity index (χ0n) is 11.6. The standard InChI is InChI=1S/C17H21NO/c1-3-11-18-17(14-7-5-4-6-8-14)15-12-13(2)9-10-16(15)19/h4-10,12,17-19H,3,11H2,1-2H3. The highest BCUT2D eigenvalue weighted by Gasteiger charge is 2.16. The topological polar surface area (TPSA) is 32.3 Å². The third-order valence-electron chi connectivity index (χ3n) is 3.23. The van der Waals surface area contributed by atoms with Gasteiger partial charge < -0.3 is 10.4 Å². The summed E-state index contributed by atoms with van der Waals surface area (Å²) in [6.45, 7) is 5.11. The summed E-state index contributed by atoms with van der Waals surface area (Å²) < 4.78 is 0. The summed E-state index contributed by atoms with van der Waals surface area (Å²) in [5, 5.41) is 13.6. The minimum absolute atomic E-state index is 0.0426. The molecule has 0 fully saturated rings. The molecule has 0 aliphatic heterocycles. The van der Waals surface area contributed by atoms with E-state index in [2.05, 4.69) is 30.4 Å². The van der Waals surface area contributed by atoms with Gasteiger partial charge in [-0.1, -0.05) is 55.0 Å². The molecule has 19 heavy (non-hydrogen) atoms. The molecule has 0 amide bonds. The predicted molar refractivity (Wildman–Crippen MR) is 79.4 cm³/mol. The lowest BCUT2D eigenvalue weighted by atomic mass is 9.96. The molecule has 2 nitrogen and oxygen atoms in total. The van der Waals surface area contributed by atoms with Crippen LogP contribution in [0.15, 0.2) is 48.5 Å². The third kappa shape index (κ3) is 3.36. The fourth-order valence-electron chi connectivity index (χ4n) is 2.25. The van der Waals surface area contributed by atoms with Crippen molar-refractivity contribution in [1.82, 2.24) is 5.32 Å². The Kier molecular flexibility index (Phi) is 4.58. The largest absolute Gasteiger partial charge is 0.508 e. The fraction of sp³-hybridized carbons (Fsp3) is 0.294. The lowest BCUT2D eigenvalue weighted by Crippen LogP contribution is -2.23. The van der Waals surface area contributed by atoms with Gasteiger partial charge in [-0.25, -0.2) is 0 Å². The second-order valence-corrected chi connectivity index (χ2v) is 4.86. The van der Waals surface area contributed by atoms with Crippen LogP contribution in [0.25, 0.3) is 0 Å². The van der Waals surface area contributed by atoms with E-state index in [0.717, 1.165) is 24.1 Å². The summed E-state index contributed by atoms with van der Waals surface area (Å²) in [5.74, 6) is 0.350. The Labute approximate surface area is 115 Å². The molecule has 1 atom stereocenters. The Morgan fingerprint density at radius 2 is 1.84 bits per heavy atom. The number of aryl methyl sites for hydroxylation is 1. The zero-order chi connectivity index (χ0) is 13.7. The maximum absolute atomic E-state index is 10.1. The van der Waals surface area contributed by atoms with E-state index in [1.807, 2.05) is 31.2 Å². The maximum atomic E-state index is 10.1. The number of phenols is 1. The normalized spacial score (nSPS) is 12.3. The number of hydrogen-bond acceptors (Lipinski definition) is 2. The van der Waals surface area contributed by atoms with Crippen LogP contribution in [-0.2, 0) is 0 Å². The summed E-state index contributed by atoms with van der Waals surface area (Å²) in [6, 6.07) is 16.1. The van der Waals surface area contributed by atoms with E-state index in [0.29, 0.717) is 5.75 Å². The Balaban J connectivity index is 2.40. The van der Waals surface area contributed by atoms with Crippen molar-refractivity contribution in [3.8, 4) is 5.75 Å². The second kappa shape index (κ2) is 6.39. The van der Waals surface area contributed by atoms with Gasteiger partial charge in [-0.15, -0.1) is 0 Å². The van der Waals surface area contributed by atoms with Gasteiger partial charge in [0, 0.05) is 5.56 Å². The van der Waals surface area contributed by atoms with Crippen molar-refractivity contribution in [2.45, 2.75) is 26.3 Å². The second-order valence-electron chi connectivity index (χ2n) is 4.86. The van der Waals surface area contributed by atoms with Gasteiger partial charge in [0.25, 0.3) is 0 Å². The number of nitrogens with one attached hydrogen (secondary N) is 1. The SMILES string of the molecule is CCCNC(c1ccccc1)c1cc(C)ccc1O. The molecule has 0 bridgehead atoms. The zero-order valence-corrected chi connectivity index (χ0v) is 11.6. The van der Waals surface area contributed by atoms with Gasteiger partial charge in [-0.2, -0.15) is 0 Å². The van der Waals surface area contributed by atoms with Gasteiger partial charge >= 0.3 is 0 Å². The van der Waals surface area contributed by atoms with Crippen molar-refractivity contribution in [2.75, 3.05) is 6.54 Å². The van der Waals surface area contributed by atoms with Crippen LogP contribution >= 0.6 is 0 Å². The van der Waals surface area contributed by atoms with E-state index in [4.69, 9.17) is 0 Å². The van der Waals surface area contributed by atoms with Crippen LogP contribution in [0.3, 0.4) is 0 Å². The van der Waals surface area contributed by atoms with Gasteiger partial charge in [-0.05, 0) is 31.5 Å². The summed E-state index contributed by atoms with van der Waals surface area (Å²) in [6.07, 6.45) is 1.07. The molecule has 0 saturated heterocycles. The number of aromatic hydroxyl groups is 1. The van der Waals surface area contributed by atoms with Crippen molar-refractivity contribution in [3.63, 3.8) is 0 Å². The van der Waals surface area contributed by atoms with Crippen molar-refractivity contribution < 1.29 is 5.11 Å². The van der Waals surface area contributed by atoms with Crippen LogP contribution in [0, 0.1) is 6.92 Å². The summed E-state index contributed by atoms with van der Waals surface area (Å²) >= 11 is 0. The van der Waals surface area contributed by atoms with Crippen LogP contribution in [0.2, 0.25) is 0 Å². The maximum Gasteiger partial charge on any atom is 0.120 e. The number of benzene rings is 2. The Hall–Kier alpha value is -1.80. The van der Waals surface area contributed by atoms with Crippen molar-refractivity contribution >= 4 is 0 Å². The lowest BCUT2D eigenvalue weighted by molar-refractivity contribution is 0.457. The molecule has 0 aliphatic rings. The quantitative estimate of drug-likeness (QED) is 0.852. The molecule has 0 spiro atoms.